The molecule has 2 aromatic rings. The first-order valence-corrected chi connectivity index (χ1v) is 6.11. The third-order valence-corrected chi connectivity index (χ3v) is 3.02. The van der Waals surface area contributed by atoms with Gasteiger partial charge in [-0.1, -0.05) is 17.3 Å². The summed E-state index contributed by atoms with van der Waals surface area (Å²) in [4.78, 5) is 0. The van der Waals surface area contributed by atoms with Gasteiger partial charge in [0, 0.05) is 10.5 Å². The van der Waals surface area contributed by atoms with Gasteiger partial charge >= 0.3 is 0 Å². The van der Waals surface area contributed by atoms with Crippen LogP contribution in [0.1, 0.15) is 5.56 Å². The summed E-state index contributed by atoms with van der Waals surface area (Å²) in [5.41, 5.74) is 5.99. The van der Waals surface area contributed by atoms with Crippen molar-refractivity contribution in [2.75, 3.05) is 0 Å². The first-order valence-electron chi connectivity index (χ1n) is 5.31. The Bertz CT molecular complexity index is 632. The lowest BCUT2D eigenvalue weighted by molar-refractivity contribution is 0.318. The normalized spacial score (nSPS) is 11.4. The van der Waals surface area contributed by atoms with Gasteiger partial charge in [-0.05, 0) is 40.2 Å². The Morgan fingerprint density at radius 2 is 2.00 bits per heavy atom. The average molecular weight is 325 g/mol. The molecule has 0 saturated heterocycles. The second kappa shape index (κ2) is 5.71. The fourth-order valence-electron chi connectivity index (χ4n) is 1.55. The third-order valence-electron chi connectivity index (χ3n) is 2.36. The van der Waals surface area contributed by atoms with E-state index in [9.17, 15) is 4.39 Å². The zero-order chi connectivity index (χ0) is 13.8. The van der Waals surface area contributed by atoms with Crippen LogP contribution < -0.4 is 10.5 Å². The van der Waals surface area contributed by atoms with Crippen molar-refractivity contribution in [2.24, 2.45) is 10.9 Å². The predicted molar refractivity (Wildman–Crippen MR) is 73.1 cm³/mol. The van der Waals surface area contributed by atoms with Gasteiger partial charge < -0.3 is 15.7 Å². The Hall–Kier alpha value is -2.08. The van der Waals surface area contributed by atoms with Gasteiger partial charge in [0.2, 0.25) is 0 Å². The van der Waals surface area contributed by atoms with E-state index in [-0.39, 0.29) is 5.84 Å². The first-order chi connectivity index (χ1) is 9.11. The van der Waals surface area contributed by atoms with Gasteiger partial charge in [-0.25, -0.2) is 4.39 Å². The second-order valence-electron chi connectivity index (χ2n) is 3.66. The van der Waals surface area contributed by atoms with Gasteiger partial charge in [-0.3, -0.25) is 0 Å². The van der Waals surface area contributed by atoms with Crippen LogP contribution in [0.2, 0.25) is 0 Å². The molecule has 0 radical (unpaired) electrons. The maximum absolute atomic E-state index is 13.1. The Morgan fingerprint density at radius 1 is 1.26 bits per heavy atom. The number of nitrogens with two attached hydrogens (primary N) is 1. The highest BCUT2D eigenvalue weighted by molar-refractivity contribution is 9.10. The summed E-state index contributed by atoms with van der Waals surface area (Å²) in [5.74, 6) is 0.178. The van der Waals surface area contributed by atoms with Crippen molar-refractivity contribution in [3.8, 4) is 11.5 Å². The van der Waals surface area contributed by atoms with Crippen LogP contribution in [0.25, 0.3) is 0 Å². The van der Waals surface area contributed by atoms with Crippen LogP contribution in [-0.2, 0) is 0 Å². The number of halogens is 2. The highest BCUT2D eigenvalue weighted by Gasteiger charge is 2.13. The molecule has 4 nitrogen and oxygen atoms in total. The molecule has 19 heavy (non-hydrogen) atoms. The highest BCUT2D eigenvalue weighted by Crippen LogP contribution is 2.30. The van der Waals surface area contributed by atoms with Gasteiger partial charge in [0.25, 0.3) is 0 Å². The number of oxime groups is 1. The molecular formula is C13H10BrFN2O2. The molecule has 2 rings (SSSR count). The van der Waals surface area contributed by atoms with Gasteiger partial charge in [0.05, 0.1) is 5.56 Å². The lowest BCUT2D eigenvalue weighted by Gasteiger charge is -2.11. The summed E-state index contributed by atoms with van der Waals surface area (Å²) >= 11 is 3.29. The van der Waals surface area contributed by atoms with Crippen molar-refractivity contribution < 1.29 is 14.3 Å². The minimum absolute atomic E-state index is 0.0983. The van der Waals surface area contributed by atoms with Crippen molar-refractivity contribution >= 4 is 21.8 Å². The smallest absolute Gasteiger partial charge is 0.175 e. The number of hydrogen-bond donors (Lipinski definition) is 2. The van der Waals surface area contributed by atoms with E-state index in [0.29, 0.717) is 21.5 Å². The number of benzene rings is 2. The molecule has 0 amide bonds. The topological polar surface area (TPSA) is 67.8 Å². The molecule has 0 aromatic heterocycles. The Morgan fingerprint density at radius 3 is 2.68 bits per heavy atom. The highest BCUT2D eigenvalue weighted by atomic mass is 79.9. The lowest BCUT2D eigenvalue weighted by Crippen LogP contribution is -2.15. The summed E-state index contributed by atoms with van der Waals surface area (Å²) < 4.78 is 19.3. The van der Waals surface area contributed by atoms with Crippen LogP contribution in [0.5, 0.6) is 11.5 Å². The summed E-state index contributed by atoms with van der Waals surface area (Å²) in [6, 6.07) is 10.8. The molecule has 0 heterocycles. The standard InChI is InChI=1S/C13H10BrFN2O2/c14-10-5-2-6-11(12(10)13(16)17-18)19-9-4-1-3-8(15)7-9/h1-7,18H,(H2,16,17). The second-order valence-corrected chi connectivity index (χ2v) is 4.51. The van der Waals surface area contributed by atoms with E-state index in [1.54, 1.807) is 24.3 Å². The monoisotopic (exact) mass is 324 g/mol. The molecule has 0 aliphatic rings. The lowest BCUT2D eigenvalue weighted by atomic mass is 10.2. The number of ether oxygens (including phenoxy) is 1. The summed E-state index contributed by atoms with van der Waals surface area (Å²) in [6.45, 7) is 0. The largest absolute Gasteiger partial charge is 0.456 e. The molecule has 0 aliphatic carbocycles. The van der Waals surface area contributed by atoms with E-state index in [1.165, 1.54) is 18.2 Å². The van der Waals surface area contributed by atoms with Crippen LogP contribution in [0, 0.1) is 5.82 Å². The maximum atomic E-state index is 13.1. The van der Waals surface area contributed by atoms with E-state index in [0.717, 1.165) is 0 Å². The molecule has 0 atom stereocenters. The van der Waals surface area contributed by atoms with Gasteiger partial charge in [-0.15, -0.1) is 0 Å². The summed E-state index contributed by atoms with van der Waals surface area (Å²) in [6.07, 6.45) is 0. The van der Waals surface area contributed by atoms with Crippen LogP contribution >= 0.6 is 15.9 Å². The van der Waals surface area contributed by atoms with Crippen molar-refractivity contribution in [1.29, 1.82) is 0 Å². The van der Waals surface area contributed by atoms with E-state index < -0.39 is 5.82 Å². The Labute approximate surface area is 117 Å². The molecule has 0 spiro atoms. The fourth-order valence-corrected chi connectivity index (χ4v) is 2.10. The van der Waals surface area contributed by atoms with Crippen LogP contribution in [0.15, 0.2) is 52.1 Å². The molecule has 6 heteroatoms. The van der Waals surface area contributed by atoms with Crippen LogP contribution in [0.3, 0.4) is 0 Å². The molecular weight excluding hydrogens is 315 g/mol. The molecule has 0 bridgehead atoms. The molecule has 0 aliphatic heterocycles. The number of amidine groups is 1. The van der Waals surface area contributed by atoms with Crippen molar-refractivity contribution in [2.45, 2.75) is 0 Å². The van der Waals surface area contributed by atoms with Gasteiger partial charge in [-0.2, -0.15) is 0 Å². The van der Waals surface area contributed by atoms with E-state index in [1.807, 2.05) is 0 Å². The predicted octanol–water partition coefficient (Wildman–Crippen LogP) is 3.48. The maximum Gasteiger partial charge on any atom is 0.175 e. The van der Waals surface area contributed by atoms with E-state index in [4.69, 9.17) is 15.7 Å². The summed E-state index contributed by atoms with van der Waals surface area (Å²) in [7, 11) is 0. The SMILES string of the molecule is N/C(=N/O)c1c(Br)cccc1Oc1cccc(F)c1. The van der Waals surface area contributed by atoms with Crippen molar-refractivity contribution in [3.63, 3.8) is 0 Å². The quantitative estimate of drug-likeness (QED) is 0.393. The van der Waals surface area contributed by atoms with E-state index in [2.05, 4.69) is 21.1 Å². The minimum atomic E-state index is -0.405. The first kappa shape index (κ1) is 13.4. The van der Waals surface area contributed by atoms with Gasteiger partial charge in [0.15, 0.2) is 5.84 Å². The number of nitrogens with zero attached hydrogens (tertiary/aromatic N) is 1. The summed E-state index contributed by atoms with van der Waals surface area (Å²) in [5, 5.41) is 11.7. The number of rotatable bonds is 3. The molecule has 2 aromatic carbocycles. The zero-order valence-electron chi connectivity index (χ0n) is 9.68. The van der Waals surface area contributed by atoms with Crippen molar-refractivity contribution in [1.82, 2.24) is 0 Å². The third kappa shape index (κ3) is 3.03. The minimum Gasteiger partial charge on any atom is -0.456 e. The Kier molecular flexibility index (Phi) is 4.01. The van der Waals surface area contributed by atoms with E-state index >= 15 is 0 Å². The molecule has 0 unspecified atom stereocenters. The number of hydrogen-bond acceptors (Lipinski definition) is 3. The average Bonchev–Trinajstić information content (AvgIpc) is 2.38. The van der Waals surface area contributed by atoms with Crippen molar-refractivity contribution in [3.05, 3.63) is 58.3 Å². The molecule has 3 N–H and O–H groups in total. The van der Waals surface area contributed by atoms with Crippen LogP contribution in [0.4, 0.5) is 4.39 Å². The fraction of sp³-hybridized carbons (Fsp3) is 0. The zero-order valence-corrected chi connectivity index (χ0v) is 11.3. The Balaban J connectivity index is 2.43. The molecule has 0 saturated carbocycles. The van der Waals surface area contributed by atoms with Gasteiger partial charge in [0.1, 0.15) is 17.3 Å². The molecule has 98 valence electrons. The molecule has 0 fully saturated rings. The van der Waals surface area contributed by atoms with Crippen LogP contribution in [-0.4, -0.2) is 11.0 Å².